The van der Waals surface area contributed by atoms with E-state index in [1.54, 1.807) is 0 Å². The van der Waals surface area contributed by atoms with Crippen LogP contribution in [-0.2, 0) is 12.8 Å². The largest absolute Gasteiger partial charge is 0.493 e. The highest BCUT2D eigenvalue weighted by Gasteiger charge is 2.24. The summed E-state index contributed by atoms with van der Waals surface area (Å²) in [6, 6.07) is 7.98. The van der Waals surface area contributed by atoms with E-state index in [1.165, 1.54) is 16.7 Å². The van der Waals surface area contributed by atoms with Crippen LogP contribution in [0.5, 0.6) is 11.5 Å². The Bertz CT molecular complexity index is 645. The summed E-state index contributed by atoms with van der Waals surface area (Å²) in [5.41, 5.74) is 4.85. The molecule has 0 unspecified atom stereocenters. The Kier molecular flexibility index (Phi) is 2.69. The minimum Gasteiger partial charge on any atom is -0.493 e. The summed E-state index contributed by atoms with van der Waals surface area (Å²) in [7, 11) is 0. The van der Waals surface area contributed by atoms with E-state index >= 15 is 0 Å². The summed E-state index contributed by atoms with van der Waals surface area (Å²) in [4.78, 5) is 4.33. The molecule has 0 amide bonds. The molecule has 3 heteroatoms. The highest BCUT2D eigenvalue weighted by atomic mass is 16.5. The van der Waals surface area contributed by atoms with E-state index in [0.29, 0.717) is 0 Å². The third-order valence-electron chi connectivity index (χ3n) is 3.84. The maximum absolute atomic E-state index is 5.69. The van der Waals surface area contributed by atoms with Crippen LogP contribution >= 0.6 is 0 Å². The third kappa shape index (κ3) is 1.86. The first-order valence-electron chi connectivity index (χ1n) is 6.95. The van der Waals surface area contributed by atoms with Crippen LogP contribution in [0.1, 0.15) is 22.4 Å². The molecule has 4 rings (SSSR count). The molecule has 0 bridgehead atoms. The van der Waals surface area contributed by atoms with Gasteiger partial charge in [-0.3, -0.25) is 4.98 Å². The zero-order valence-electron chi connectivity index (χ0n) is 11.1. The molecule has 2 aliphatic rings. The van der Waals surface area contributed by atoms with E-state index in [9.17, 15) is 0 Å². The minimum atomic E-state index is 0.767. The van der Waals surface area contributed by atoms with Crippen molar-refractivity contribution in [2.24, 2.45) is 0 Å². The summed E-state index contributed by atoms with van der Waals surface area (Å²) in [6.07, 6.45) is 7.98. The van der Waals surface area contributed by atoms with Gasteiger partial charge in [0.2, 0.25) is 0 Å². The number of hydrogen-bond donors (Lipinski definition) is 0. The fourth-order valence-electron chi connectivity index (χ4n) is 2.88. The number of ether oxygens (including phenoxy) is 2. The second kappa shape index (κ2) is 4.67. The topological polar surface area (TPSA) is 31.4 Å². The first-order valence-corrected chi connectivity index (χ1v) is 6.95. The van der Waals surface area contributed by atoms with Gasteiger partial charge in [0.25, 0.3) is 0 Å². The fourth-order valence-corrected chi connectivity index (χ4v) is 2.88. The standard InChI is InChI=1S/C17H15NO2/c1-2-8-18-12(3-1)4-5-13-14-6-9-19-16(14)11-17-15(13)7-10-20-17/h1-5,8,11H,6-7,9-10H2/b5-4+. The number of benzene rings is 1. The van der Waals surface area contributed by atoms with Gasteiger partial charge in [-0.25, -0.2) is 0 Å². The molecule has 3 heterocycles. The van der Waals surface area contributed by atoms with Crippen molar-refractivity contribution < 1.29 is 9.47 Å². The Morgan fingerprint density at radius 3 is 2.35 bits per heavy atom. The molecule has 2 aliphatic heterocycles. The van der Waals surface area contributed by atoms with Crippen molar-refractivity contribution in [3.63, 3.8) is 0 Å². The Hall–Kier alpha value is -2.29. The number of nitrogens with zero attached hydrogens (tertiary/aromatic N) is 1. The molecule has 0 saturated carbocycles. The zero-order valence-corrected chi connectivity index (χ0v) is 11.1. The lowest BCUT2D eigenvalue weighted by Gasteiger charge is -2.09. The van der Waals surface area contributed by atoms with Crippen LogP contribution in [-0.4, -0.2) is 18.2 Å². The number of hydrogen-bond acceptors (Lipinski definition) is 3. The average molecular weight is 265 g/mol. The van der Waals surface area contributed by atoms with Gasteiger partial charge in [-0.2, -0.15) is 0 Å². The van der Waals surface area contributed by atoms with Crippen molar-refractivity contribution in [2.45, 2.75) is 12.8 Å². The molecular formula is C17H15NO2. The van der Waals surface area contributed by atoms with Gasteiger partial charge in [0.1, 0.15) is 11.5 Å². The van der Waals surface area contributed by atoms with Crippen LogP contribution in [0.2, 0.25) is 0 Å². The maximum atomic E-state index is 5.69. The van der Waals surface area contributed by atoms with Crippen molar-refractivity contribution in [3.8, 4) is 11.5 Å². The Morgan fingerprint density at radius 1 is 0.950 bits per heavy atom. The van der Waals surface area contributed by atoms with E-state index in [-0.39, 0.29) is 0 Å². The lowest BCUT2D eigenvalue weighted by molar-refractivity contribution is 0.342. The number of pyridine rings is 1. The summed E-state index contributed by atoms with van der Waals surface area (Å²) < 4.78 is 11.4. The van der Waals surface area contributed by atoms with Gasteiger partial charge in [-0.15, -0.1) is 0 Å². The van der Waals surface area contributed by atoms with Gasteiger partial charge in [-0.1, -0.05) is 12.1 Å². The first-order chi connectivity index (χ1) is 9.92. The fraction of sp³-hybridized carbons (Fsp3) is 0.235. The molecule has 0 aliphatic carbocycles. The van der Waals surface area contributed by atoms with Crippen molar-refractivity contribution in [1.29, 1.82) is 0 Å². The average Bonchev–Trinajstić information content (AvgIpc) is 3.12. The smallest absolute Gasteiger partial charge is 0.126 e. The van der Waals surface area contributed by atoms with E-state index in [0.717, 1.165) is 43.2 Å². The van der Waals surface area contributed by atoms with Crippen LogP contribution in [0.4, 0.5) is 0 Å². The van der Waals surface area contributed by atoms with Crippen molar-refractivity contribution in [1.82, 2.24) is 4.98 Å². The normalized spacial score (nSPS) is 15.8. The molecule has 0 saturated heterocycles. The molecule has 0 radical (unpaired) electrons. The van der Waals surface area contributed by atoms with Gasteiger partial charge >= 0.3 is 0 Å². The quantitative estimate of drug-likeness (QED) is 0.836. The molecule has 0 N–H and O–H groups in total. The molecule has 2 aromatic rings. The van der Waals surface area contributed by atoms with Crippen LogP contribution in [0.25, 0.3) is 12.2 Å². The summed E-state index contributed by atoms with van der Waals surface area (Å²) >= 11 is 0. The number of aromatic nitrogens is 1. The predicted octanol–water partition coefficient (Wildman–Crippen LogP) is 3.12. The van der Waals surface area contributed by atoms with Crippen LogP contribution in [0, 0.1) is 0 Å². The monoisotopic (exact) mass is 265 g/mol. The molecule has 100 valence electrons. The first kappa shape index (κ1) is 11.5. The number of fused-ring (bicyclic) bond motifs is 2. The predicted molar refractivity (Wildman–Crippen MR) is 78.0 cm³/mol. The van der Waals surface area contributed by atoms with Gasteiger partial charge in [-0.05, 0) is 23.8 Å². The van der Waals surface area contributed by atoms with Gasteiger partial charge in [0.05, 0.1) is 18.9 Å². The van der Waals surface area contributed by atoms with Crippen molar-refractivity contribution in [2.75, 3.05) is 13.2 Å². The van der Waals surface area contributed by atoms with Gasteiger partial charge < -0.3 is 9.47 Å². The SMILES string of the molecule is C(=C\c1c2c(cc3c1CCO3)OCC2)/c1ccccn1. The van der Waals surface area contributed by atoms with Crippen LogP contribution in [0.3, 0.4) is 0 Å². The van der Waals surface area contributed by atoms with Crippen LogP contribution in [0.15, 0.2) is 30.5 Å². The highest BCUT2D eigenvalue weighted by Crippen LogP contribution is 2.40. The van der Waals surface area contributed by atoms with Crippen molar-refractivity contribution in [3.05, 3.63) is 52.8 Å². The molecule has 1 aromatic carbocycles. The van der Waals surface area contributed by atoms with E-state index in [2.05, 4.69) is 17.1 Å². The lowest BCUT2D eigenvalue weighted by Crippen LogP contribution is -1.91. The lowest BCUT2D eigenvalue weighted by atomic mass is 9.96. The van der Waals surface area contributed by atoms with E-state index < -0.39 is 0 Å². The third-order valence-corrected chi connectivity index (χ3v) is 3.84. The van der Waals surface area contributed by atoms with Gasteiger partial charge in [0.15, 0.2) is 0 Å². The van der Waals surface area contributed by atoms with E-state index in [1.807, 2.05) is 30.5 Å². The summed E-state index contributed by atoms with van der Waals surface area (Å²) in [5.74, 6) is 1.96. The summed E-state index contributed by atoms with van der Waals surface area (Å²) in [6.45, 7) is 1.53. The number of rotatable bonds is 2. The molecule has 20 heavy (non-hydrogen) atoms. The molecular weight excluding hydrogens is 250 g/mol. The molecule has 3 nitrogen and oxygen atoms in total. The maximum Gasteiger partial charge on any atom is 0.126 e. The molecule has 0 spiro atoms. The Labute approximate surface area is 117 Å². The Morgan fingerprint density at radius 2 is 1.70 bits per heavy atom. The molecule has 1 aromatic heterocycles. The van der Waals surface area contributed by atoms with E-state index in [4.69, 9.17) is 9.47 Å². The molecule has 0 atom stereocenters. The zero-order chi connectivity index (χ0) is 13.4. The highest BCUT2D eigenvalue weighted by molar-refractivity contribution is 5.76. The second-order valence-electron chi connectivity index (χ2n) is 5.03. The minimum absolute atomic E-state index is 0.767. The second-order valence-corrected chi connectivity index (χ2v) is 5.03. The summed E-state index contributed by atoms with van der Waals surface area (Å²) in [5, 5.41) is 0. The van der Waals surface area contributed by atoms with Crippen molar-refractivity contribution >= 4 is 12.2 Å². The molecule has 0 fully saturated rings. The Balaban J connectivity index is 1.80. The van der Waals surface area contributed by atoms with Crippen LogP contribution < -0.4 is 9.47 Å². The van der Waals surface area contributed by atoms with Gasteiger partial charge in [0, 0.05) is 36.2 Å².